The van der Waals surface area contributed by atoms with Crippen molar-refractivity contribution in [1.29, 1.82) is 0 Å². The number of hydrogen-bond donors (Lipinski definition) is 2. The molecule has 0 radical (unpaired) electrons. The van der Waals surface area contributed by atoms with Crippen LogP contribution in [0.25, 0.3) is 0 Å². The molecule has 2 N–H and O–H groups in total. The number of rotatable bonds is 4. The van der Waals surface area contributed by atoms with Crippen LogP contribution in [0.5, 0.6) is 5.75 Å². The number of nitrogens with one attached hydrogen (secondary N) is 1. The smallest absolute Gasteiger partial charge is 0.251 e. The Morgan fingerprint density at radius 2 is 1.75 bits per heavy atom. The Hall–Kier alpha value is -2.62. The summed E-state index contributed by atoms with van der Waals surface area (Å²) in [6.45, 7) is 1.66. The average molecular weight is 269 g/mol. The number of Topliss-reactive ketones (excluding diaryl/α,β-unsaturated/α-hetero) is 1. The predicted molar refractivity (Wildman–Crippen MR) is 75.9 cm³/mol. The van der Waals surface area contributed by atoms with Gasteiger partial charge in [0.05, 0.1) is 6.54 Å². The standard InChI is InChI=1S/C16H15NO3/c1-11-9-13(7-8-14(11)18)16(20)17-10-15(19)12-5-3-2-4-6-12/h2-9,18H,10H2,1H3,(H,17,20). The van der Waals surface area contributed by atoms with Crippen LogP contribution in [0, 0.1) is 6.92 Å². The van der Waals surface area contributed by atoms with Gasteiger partial charge in [0.25, 0.3) is 5.91 Å². The Labute approximate surface area is 117 Å². The number of ketones is 1. The van der Waals surface area contributed by atoms with E-state index in [0.29, 0.717) is 16.7 Å². The summed E-state index contributed by atoms with van der Waals surface area (Å²) in [6, 6.07) is 13.4. The van der Waals surface area contributed by atoms with Crippen molar-refractivity contribution in [2.24, 2.45) is 0 Å². The topological polar surface area (TPSA) is 66.4 Å². The highest BCUT2D eigenvalue weighted by Gasteiger charge is 2.10. The van der Waals surface area contributed by atoms with Crippen LogP contribution in [0.1, 0.15) is 26.3 Å². The number of benzene rings is 2. The first-order valence-electron chi connectivity index (χ1n) is 6.24. The summed E-state index contributed by atoms with van der Waals surface area (Å²) in [6.07, 6.45) is 0. The van der Waals surface area contributed by atoms with Crippen molar-refractivity contribution in [1.82, 2.24) is 5.32 Å². The second-order valence-electron chi connectivity index (χ2n) is 4.47. The van der Waals surface area contributed by atoms with Crippen molar-refractivity contribution in [3.63, 3.8) is 0 Å². The number of phenolic OH excluding ortho intramolecular Hbond substituents is 1. The second kappa shape index (κ2) is 6.02. The van der Waals surface area contributed by atoms with Gasteiger partial charge >= 0.3 is 0 Å². The van der Waals surface area contributed by atoms with Gasteiger partial charge < -0.3 is 10.4 Å². The zero-order valence-corrected chi connectivity index (χ0v) is 11.1. The molecule has 2 aromatic carbocycles. The summed E-state index contributed by atoms with van der Waals surface area (Å²) in [5.74, 6) is -0.339. The van der Waals surface area contributed by atoms with Crippen LogP contribution >= 0.6 is 0 Å². The Balaban J connectivity index is 1.98. The van der Waals surface area contributed by atoms with E-state index in [-0.39, 0.29) is 24.0 Å². The maximum Gasteiger partial charge on any atom is 0.251 e. The first kappa shape index (κ1) is 13.8. The third-order valence-electron chi connectivity index (χ3n) is 2.96. The monoisotopic (exact) mass is 269 g/mol. The molecule has 0 aliphatic rings. The summed E-state index contributed by atoms with van der Waals surface area (Å²) in [5.41, 5.74) is 1.60. The second-order valence-corrected chi connectivity index (χ2v) is 4.47. The van der Waals surface area contributed by atoms with Crippen LogP contribution in [0.15, 0.2) is 48.5 Å². The van der Waals surface area contributed by atoms with E-state index < -0.39 is 0 Å². The third-order valence-corrected chi connectivity index (χ3v) is 2.96. The lowest BCUT2D eigenvalue weighted by molar-refractivity contribution is 0.0904. The first-order valence-corrected chi connectivity index (χ1v) is 6.24. The van der Waals surface area contributed by atoms with Gasteiger partial charge in [0.2, 0.25) is 0 Å². The minimum absolute atomic E-state index is 0.0528. The molecule has 0 bridgehead atoms. The predicted octanol–water partition coefficient (Wildman–Crippen LogP) is 2.31. The van der Waals surface area contributed by atoms with Gasteiger partial charge in [0.1, 0.15) is 5.75 Å². The van der Waals surface area contributed by atoms with Crippen LogP contribution in [-0.4, -0.2) is 23.3 Å². The first-order chi connectivity index (χ1) is 9.58. The summed E-state index contributed by atoms with van der Waals surface area (Å²) in [5, 5.41) is 12.0. The molecule has 0 aromatic heterocycles. The van der Waals surface area contributed by atoms with E-state index in [0.717, 1.165) is 0 Å². The van der Waals surface area contributed by atoms with Gasteiger partial charge in [-0.05, 0) is 30.7 Å². The number of aromatic hydroxyl groups is 1. The van der Waals surface area contributed by atoms with Crippen molar-refractivity contribution < 1.29 is 14.7 Å². The lowest BCUT2D eigenvalue weighted by Crippen LogP contribution is -2.29. The van der Waals surface area contributed by atoms with Crippen molar-refractivity contribution in [3.05, 3.63) is 65.2 Å². The fraction of sp³-hybridized carbons (Fsp3) is 0.125. The highest BCUT2D eigenvalue weighted by Crippen LogP contribution is 2.16. The maximum absolute atomic E-state index is 11.9. The molecule has 0 saturated heterocycles. The van der Waals surface area contributed by atoms with E-state index >= 15 is 0 Å². The van der Waals surface area contributed by atoms with E-state index in [1.54, 1.807) is 37.3 Å². The average Bonchev–Trinajstić information content (AvgIpc) is 2.48. The molecule has 0 spiro atoms. The Morgan fingerprint density at radius 1 is 1.05 bits per heavy atom. The molecule has 4 heteroatoms. The molecule has 102 valence electrons. The van der Waals surface area contributed by atoms with E-state index in [1.807, 2.05) is 6.07 Å². The summed E-state index contributed by atoms with van der Waals surface area (Å²) >= 11 is 0. The van der Waals surface area contributed by atoms with Crippen molar-refractivity contribution >= 4 is 11.7 Å². The zero-order valence-electron chi connectivity index (χ0n) is 11.1. The van der Waals surface area contributed by atoms with Crippen molar-refractivity contribution in [3.8, 4) is 5.75 Å². The summed E-state index contributed by atoms with van der Waals surface area (Å²) in [4.78, 5) is 23.7. The van der Waals surface area contributed by atoms with E-state index in [9.17, 15) is 14.7 Å². The molecule has 0 saturated carbocycles. The number of carbonyl (C=O) groups is 2. The zero-order chi connectivity index (χ0) is 14.5. The molecule has 0 aliphatic heterocycles. The lowest BCUT2D eigenvalue weighted by Gasteiger charge is -2.06. The molecule has 20 heavy (non-hydrogen) atoms. The van der Waals surface area contributed by atoms with Gasteiger partial charge in [-0.3, -0.25) is 9.59 Å². The number of hydrogen-bond acceptors (Lipinski definition) is 3. The third kappa shape index (κ3) is 3.23. The van der Waals surface area contributed by atoms with Gasteiger partial charge in [0, 0.05) is 11.1 Å². The van der Waals surface area contributed by atoms with Gasteiger partial charge in [-0.2, -0.15) is 0 Å². The van der Waals surface area contributed by atoms with Crippen LogP contribution in [-0.2, 0) is 0 Å². The van der Waals surface area contributed by atoms with Crippen molar-refractivity contribution in [2.45, 2.75) is 6.92 Å². The Morgan fingerprint density at radius 3 is 2.40 bits per heavy atom. The number of phenols is 1. The molecule has 4 nitrogen and oxygen atoms in total. The molecule has 0 fully saturated rings. The summed E-state index contributed by atoms with van der Waals surface area (Å²) in [7, 11) is 0. The van der Waals surface area contributed by atoms with E-state index in [1.165, 1.54) is 12.1 Å². The van der Waals surface area contributed by atoms with Crippen LogP contribution in [0.2, 0.25) is 0 Å². The van der Waals surface area contributed by atoms with Gasteiger partial charge in [-0.1, -0.05) is 30.3 Å². The minimum Gasteiger partial charge on any atom is -0.508 e. The van der Waals surface area contributed by atoms with Crippen LogP contribution < -0.4 is 5.32 Å². The molecule has 0 unspecified atom stereocenters. The normalized spacial score (nSPS) is 10.1. The number of amides is 1. The molecule has 0 heterocycles. The maximum atomic E-state index is 11.9. The Bertz CT molecular complexity index is 635. The molecular formula is C16H15NO3. The van der Waals surface area contributed by atoms with E-state index in [4.69, 9.17) is 0 Å². The van der Waals surface area contributed by atoms with E-state index in [2.05, 4.69) is 5.32 Å². The molecule has 2 aromatic rings. The fourth-order valence-corrected chi connectivity index (χ4v) is 1.79. The van der Waals surface area contributed by atoms with Gasteiger partial charge in [-0.25, -0.2) is 0 Å². The molecule has 0 atom stereocenters. The quantitative estimate of drug-likeness (QED) is 0.837. The number of aryl methyl sites for hydroxylation is 1. The fourth-order valence-electron chi connectivity index (χ4n) is 1.79. The Kier molecular flexibility index (Phi) is 4.15. The summed E-state index contributed by atoms with van der Waals surface area (Å²) < 4.78 is 0. The highest BCUT2D eigenvalue weighted by atomic mass is 16.3. The molecular weight excluding hydrogens is 254 g/mol. The SMILES string of the molecule is Cc1cc(C(=O)NCC(=O)c2ccccc2)ccc1O. The van der Waals surface area contributed by atoms with Gasteiger partial charge in [-0.15, -0.1) is 0 Å². The van der Waals surface area contributed by atoms with Crippen LogP contribution in [0.4, 0.5) is 0 Å². The molecule has 1 amide bonds. The number of carbonyl (C=O) groups excluding carboxylic acids is 2. The minimum atomic E-state index is -0.336. The molecule has 0 aliphatic carbocycles. The highest BCUT2D eigenvalue weighted by molar-refractivity contribution is 6.02. The van der Waals surface area contributed by atoms with Gasteiger partial charge in [0.15, 0.2) is 5.78 Å². The lowest BCUT2D eigenvalue weighted by atomic mass is 10.1. The largest absolute Gasteiger partial charge is 0.508 e. The van der Waals surface area contributed by atoms with Crippen LogP contribution in [0.3, 0.4) is 0 Å². The molecule has 2 rings (SSSR count). The van der Waals surface area contributed by atoms with Crippen molar-refractivity contribution in [2.75, 3.05) is 6.54 Å².